The van der Waals surface area contributed by atoms with Gasteiger partial charge in [-0.25, -0.2) is 0 Å². The predicted octanol–water partition coefficient (Wildman–Crippen LogP) is 1.69. The molecule has 88 valence electrons. The summed E-state index contributed by atoms with van der Waals surface area (Å²) in [7, 11) is 0. The summed E-state index contributed by atoms with van der Waals surface area (Å²) in [6, 6.07) is 7.74. The summed E-state index contributed by atoms with van der Waals surface area (Å²) in [6.45, 7) is 1.37. The Morgan fingerprint density at radius 3 is 3.24 bits per heavy atom. The number of nitrogens with one attached hydrogen (secondary N) is 2. The summed E-state index contributed by atoms with van der Waals surface area (Å²) >= 11 is 0. The third-order valence-electron chi connectivity index (χ3n) is 2.86. The number of carbonyl (C=O) groups is 1. The molecule has 0 saturated carbocycles. The minimum Gasteiger partial charge on any atom is -0.385 e. The van der Waals surface area contributed by atoms with E-state index in [4.69, 9.17) is 5.26 Å². The third-order valence-corrected chi connectivity index (χ3v) is 2.86. The molecule has 0 saturated heterocycles. The molecule has 0 bridgehead atoms. The molecule has 4 nitrogen and oxygen atoms in total. The van der Waals surface area contributed by atoms with Crippen LogP contribution in [0.5, 0.6) is 0 Å². The van der Waals surface area contributed by atoms with Crippen molar-refractivity contribution >= 4 is 11.6 Å². The van der Waals surface area contributed by atoms with Crippen molar-refractivity contribution in [1.29, 1.82) is 5.26 Å². The fourth-order valence-electron chi connectivity index (χ4n) is 2.05. The summed E-state index contributed by atoms with van der Waals surface area (Å²) in [5.74, 6) is -0.0826. The van der Waals surface area contributed by atoms with E-state index >= 15 is 0 Å². The number of nitrogens with zero attached hydrogens (tertiary/aromatic N) is 1. The molecule has 0 atom stereocenters. The van der Waals surface area contributed by atoms with Crippen LogP contribution in [0.1, 0.15) is 28.8 Å². The van der Waals surface area contributed by atoms with E-state index in [1.165, 1.54) is 0 Å². The first-order chi connectivity index (χ1) is 8.33. The average molecular weight is 229 g/mol. The van der Waals surface area contributed by atoms with E-state index in [-0.39, 0.29) is 5.91 Å². The van der Waals surface area contributed by atoms with Gasteiger partial charge in [-0.15, -0.1) is 0 Å². The van der Waals surface area contributed by atoms with Crippen molar-refractivity contribution in [3.8, 4) is 6.07 Å². The maximum atomic E-state index is 11.9. The average Bonchev–Trinajstić information content (AvgIpc) is 2.38. The number of anilines is 1. The maximum Gasteiger partial charge on any atom is 0.251 e. The Labute approximate surface area is 101 Å². The Balaban J connectivity index is 2.15. The molecule has 1 aromatic carbocycles. The van der Waals surface area contributed by atoms with Crippen molar-refractivity contribution in [1.82, 2.24) is 5.32 Å². The van der Waals surface area contributed by atoms with E-state index in [0.29, 0.717) is 13.0 Å². The van der Waals surface area contributed by atoms with Gasteiger partial charge in [0.25, 0.3) is 5.91 Å². The normalized spacial score (nSPS) is 13.1. The van der Waals surface area contributed by atoms with Gasteiger partial charge in [0.05, 0.1) is 12.5 Å². The highest BCUT2D eigenvalue weighted by molar-refractivity contribution is 5.97. The molecule has 0 aromatic heterocycles. The lowest BCUT2D eigenvalue weighted by Gasteiger charge is -2.20. The van der Waals surface area contributed by atoms with Crippen molar-refractivity contribution in [2.24, 2.45) is 0 Å². The predicted molar refractivity (Wildman–Crippen MR) is 65.8 cm³/mol. The topological polar surface area (TPSA) is 64.9 Å². The molecule has 17 heavy (non-hydrogen) atoms. The van der Waals surface area contributed by atoms with Gasteiger partial charge in [0.1, 0.15) is 0 Å². The SMILES string of the molecule is N#CCCNC(=O)c1cccc2c1CCCN2. The molecular weight excluding hydrogens is 214 g/mol. The minimum absolute atomic E-state index is 0.0826. The van der Waals surface area contributed by atoms with Gasteiger partial charge in [0.15, 0.2) is 0 Å². The molecule has 1 aliphatic heterocycles. The highest BCUT2D eigenvalue weighted by Crippen LogP contribution is 2.25. The zero-order valence-corrected chi connectivity index (χ0v) is 9.62. The zero-order chi connectivity index (χ0) is 12.1. The van der Waals surface area contributed by atoms with Crippen LogP contribution in [0, 0.1) is 11.3 Å². The molecule has 1 heterocycles. The second-order valence-corrected chi connectivity index (χ2v) is 4.03. The number of carbonyl (C=O) groups excluding carboxylic acids is 1. The molecule has 0 radical (unpaired) electrons. The fourth-order valence-corrected chi connectivity index (χ4v) is 2.05. The second-order valence-electron chi connectivity index (χ2n) is 4.03. The van der Waals surface area contributed by atoms with Gasteiger partial charge in [-0.1, -0.05) is 6.07 Å². The summed E-state index contributed by atoms with van der Waals surface area (Å²) in [5.41, 5.74) is 2.88. The van der Waals surface area contributed by atoms with Gasteiger partial charge < -0.3 is 10.6 Å². The molecule has 0 spiro atoms. The number of nitriles is 1. The molecule has 1 amide bonds. The van der Waals surface area contributed by atoms with Crippen LogP contribution in [0.3, 0.4) is 0 Å². The second kappa shape index (κ2) is 5.35. The standard InChI is InChI=1S/C13H15N3O/c14-7-3-9-16-13(17)11-4-1-6-12-10(11)5-2-8-15-12/h1,4,6,15H,2-3,5,8-9H2,(H,16,17). The Hall–Kier alpha value is -2.02. The Kier molecular flexibility index (Phi) is 3.61. The highest BCUT2D eigenvalue weighted by atomic mass is 16.1. The molecule has 1 aliphatic rings. The molecule has 0 unspecified atom stereocenters. The van der Waals surface area contributed by atoms with Crippen LogP contribution in [0.2, 0.25) is 0 Å². The summed E-state index contributed by atoms with van der Waals surface area (Å²) in [6.07, 6.45) is 2.33. The fraction of sp³-hybridized carbons (Fsp3) is 0.385. The number of hydrogen-bond acceptors (Lipinski definition) is 3. The molecular formula is C13H15N3O. The van der Waals surface area contributed by atoms with Gasteiger partial charge in [-0.2, -0.15) is 5.26 Å². The summed E-state index contributed by atoms with van der Waals surface area (Å²) < 4.78 is 0. The molecule has 2 rings (SSSR count). The number of benzene rings is 1. The highest BCUT2D eigenvalue weighted by Gasteiger charge is 2.16. The van der Waals surface area contributed by atoms with Gasteiger partial charge in [0, 0.05) is 24.3 Å². The van der Waals surface area contributed by atoms with Crippen molar-refractivity contribution in [2.75, 3.05) is 18.4 Å². The van der Waals surface area contributed by atoms with E-state index in [9.17, 15) is 4.79 Å². The lowest BCUT2D eigenvalue weighted by atomic mass is 9.97. The quantitative estimate of drug-likeness (QED) is 0.775. The van der Waals surface area contributed by atoms with E-state index < -0.39 is 0 Å². The number of rotatable bonds is 3. The van der Waals surface area contributed by atoms with Crippen LogP contribution in [-0.4, -0.2) is 19.0 Å². The lowest BCUT2D eigenvalue weighted by molar-refractivity contribution is 0.0953. The number of hydrogen-bond donors (Lipinski definition) is 2. The van der Waals surface area contributed by atoms with E-state index in [1.807, 2.05) is 24.3 Å². The smallest absolute Gasteiger partial charge is 0.251 e. The largest absolute Gasteiger partial charge is 0.385 e. The molecule has 4 heteroatoms. The zero-order valence-electron chi connectivity index (χ0n) is 9.62. The van der Waals surface area contributed by atoms with Crippen LogP contribution in [0.4, 0.5) is 5.69 Å². The van der Waals surface area contributed by atoms with Crippen LogP contribution < -0.4 is 10.6 Å². The number of fused-ring (bicyclic) bond motifs is 1. The number of amides is 1. The Morgan fingerprint density at radius 2 is 2.41 bits per heavy atom. The van der Waals surface area contributed by atoms with Crippen LogP contribution in [0.15, 0.2) is 18.2 Å². The first-order valence-corrected chi connectivity index (χ1v) is 5.84. The van der Waals surface area contributed by atoms with Crippen LogP contribution in [-0.2, 0) is 6.42 Å². The van der Waals surface area contributed by atoms with Crippen molar-refractivity contribution in [3.05, 3.63) is 29.3 Å². The monoisotopic (exact) mass is 229 g/mol. The van der Waals surface area contributed by atoms with E-state index in [1.54, 1.807) is 0 Å². The minimum atomic E-state index is -0.0826. The first-order valence-electron chi connectivity index (χ1n) is 5.84. The van der Waals surface area contributed by atoms with E-state index in [2.05, 4.69) is 10.6 Å². The Morgan fingerprint density at radius 1 is 1.53 bits per heavy atom. The summed E-state index contributed by atoms with van der Waals surface area (Å²) in [4.78, 5) is 11.9. The third kappa shape index (κ3) is 2.56. The molecule has 0 aliphatic carbocycles. The van der Waals surface area contributed by atoms with Gasteiger partial charge in [0.2, 0.25) is 0 Å². The van der Waals surface area contributed by atoms with Crippen molar-refractivity contribution in [3.63, 3.8) is 0 Å². The van der Waals surface area contributed by atoms with E-state index in [0.717, 1.165) is 36.2 Å². The van der Waals surface area contributed by atoms with Gasteiger partial charge >= 0.3 is 0 Å². The lowest BCUT2D eigenvalue weighted by Crippen LogP contribution is -2.26. The maximum absolute atomic E-state index is 11.9. The van der Waals surface area contributed by atoms with Crippen molar-refractivity contribution in [2.45, 2.75) is 19.3 Å². The molecule has 0 fully saturated rings. The first kappa shape index (κ1) is 11.5. The van der Waals surface area contributed by atoms with Gasteiger partial charge in [-0.05, 0) is 30.5 Å². The molecule has 1 aromatic rings. The van der Waals surface area contributed by atoms with Crippen LogP contribution in [0.25, 0.3) is 0 Å². The van der Waals surface area contributed by atoms with Crippen molar-refractivity contribution < 1.29 is 4.79 Å². The van der Waals surface area contributed by atoms with Crippen LogP contribution >= 0.6 is 0 Å². The van der Waals surface area contributed by atoms with Gasteiger partial charge in [-0.3, -0.25) is 4.79 Å². The summed E-state index contributed by atoms with van der Waals surface area (Å²) in [5, 5.41) is 14.5. The molecule has 2 N–H and O–H groups in total. The Bertz CT molecular complexity index is 462.